The molecule has 3 aromatic heterocycles. The number of thiophene rings is 1. The van der Waals surface area contributed by atoms with Crippen LogP contribution in [0.2, 0.25) is 0 Å². The number of hydrogen-bond donors (Lipinski definition) is 1. The molecule has 1 atom stereocenters. The van der Waals surface area contributed by atoms with Crippen LogP contribution in [-0.4, -0.2) is 21.5 Å². The van der Waals surface area contributed by atoms with Crippen molar-refractivity contribution in [2.75, 3.05) is 0 Å². The van der Waals surface area contributed by atoms with Crippen molar-refractivity contribution in [2.24, 2.45) is 23.2 Å². The van der Waals surface area contributed by atoms with E-state index in [4.69, 9.17) is 0 Å². The first kappa shape index (κ1) is 19.5. The molecule has 0 aliphatic heterocycles. The highest BCUT2D eigenvalue weighted by Gasteiger charge is 2.53. The third kappa shape index (κ3) is 3.00. The first-order valence-electron chi connectivity index (χ1n) is 11.8. The summed E-state index contributed by atoms with van der Waals surface area (Å²) in [5.41, 5.74) is 3.58. The van der Waals surface area contributed by atoms with E-state index >= 15 is 0 Å². The van der Waals surface area contributed by atoms with Crippen LogP contribution in [0, 0.1) is 37.0 Å². The number of fused-ring (bicyclic) bond motifs is 1. The Kier molecular flexibility index (Phi) is 4.37. The van der Waals surface area contributed by atoms with Crippen molar-refractivity contribution in [1.82, 2.24) is 14.9 Å². The van der Waals surface area contributed by atoms with Gasteiger partial charge in [-0.05, 0) is 107 Å². The Balaban J connectivity index is 1.37. The summed E-state index contributed by atoms with van der Waals surface area (Å²) in [6.45, 7) is 6.47. The number of rotatable bonds is 4. The zero-order chi connectivity index (χ0) is 21.3. The molecule has 4 saturated carbocycles. The maximum Gasteiger partial charge on any atom is 0.263 e. The van der Waals surface area contributed by atoms with E-state index in [1.165, 1.54) is 49.9 Å². The third-order valence-electron chi connectivity index (χ3n) is 8.49. The summed E-state index contributed by atoms with van der Waals surface area (Å²) in [7, 11) is 0. The maximum absolute atomic E-state index is 13.7. The van der Waals surface area contributed by atoms with Crippen LogP contribution in [0.1, 0.15) is 66.5 Å². The lowest BCUT2D eigenvalue weighted by Gasteiger charge is -2.59. The quantitative estimate of drug-likeness (QED) is 0.545. The molecule has 7 rings (SSSR count). The molecule has 1 amide bonds. The third-order valence-corrected chi connectivity index (χ3v) is 9.59. The van der Waals surface area contributed by atoms with Crippen LogP contribution in [0.25, 0.3) is 15.9 Å². The smallest absolute Gasteiger partial charge is 0.263 e. The van der Waals surface area contributed by atoms with E-state index in [0.717, 1.165) is 49.9 Å². The number of pyridine rings is 1. The van der Waals surface area contributed by atoms with Crippen LogP contribution in [0.15, 0.2) is 30.5 Å². The topological polar surface area (TPSA) is 46.9 Å². The molecule has 0 saturated heterocycles. The molecule has 31 heavy (non-hydrogen) atoms. The van der Waals surface area contributed by atoms with Crippen molar-refractivity contribution in [3.8, 4) is 5.69 Å². The van der Waals surface area contributed by atoms with Crippen LogP contribution in [-0.2, 0) is 0 Å². The summed E-state index contributed by atoms with van der Waals surface area (Å²) in [6, 6.07) is 8.51. The number of carbonyl (C=O) groups is 1. The summed E-state index contributed by atoms with van der Waals surface area (Å²) in [5.74, 6) is 2.73. The molecule has 0 radical (unpaired) electrons. The highest BCUT2D eigenvalue weighted by atomic mass is 32.1. The molecule has 1 N–H and O–H groups in total. The van der Waals surface area contributed by atoms with Gasteiger partial charge in [-0.2, -0.15) is 0 Å². The second-order valence-electron chi connectivity index (χ2n) is 10.6. The molecule has 5 heteroatoms. The molecule has 162 valence electrons. The SMILES string of the molecule is Cc1ccc(C)n1-c1c(C(=O)N[C@@H](C)C23CC4CC(CC(C4)C2)C3)sc2ncccc12. The minimum atomic E-state index is 0.0637. The van der Waals surface area contributed by atoms with Gasteiger partial charge in [-0.15, -0.1) is 11.3 Å². The molecule has 4 aliphatic rings. The number of carbonyl (C=O) groups excluding carboxylic acids is 1. The molecule has 4 bridgehead atoms. The lowest BCUT2D eigenvalue weighted by atomic mass is 9.48. The highest BCUT2D eigenvalue weighted by Crippen LogP contribution is 2.61. The first-order chi connectivity index (χ1) is 14.9. The van der Waals surface area contributed by atoms with Gasteiger partial charge in [-0.3, -0.25) is 4.79 Å². The number of aromatic nitrogens is 2. The van der Waals surface area contributed by atoms with E-state index in [0.29, 0.717) is 5.41 Å². The molecule has 0 unspecified atom stereocenters. The number of hydrogen-bond acceptors (Lipinski definition) is 3. The number of nitrogens with one attached hydrogen (secondary N) is 1. The van der Waals surface area contributed by atoms with Crippen molar-refractivity contribution in [3.63, 3.8) is 0 Å². The van der Waals surface area contributed by atoms with E-state index < -0.39 is 0 Å². The molecule has 0 aromatic carbocycles. The molecular weight excluding hydrogens is 402 g/mol. The fourth-order valence-electron chi connectivity index (χ4n) is 7.44. The van der Waals surface area contributed by atoms with Gasteiger partial charge in [0.2, 0.25) is 0 Å². The van der Waals surface area contributed by atoms with Gasteiger partial charge in [-0.25, -0.2) is 4.98 Å². The van der Waals surface area contributed by atoms with E-state index in [1.54, 1.807) is 0 Å². The van der Waals surface area contributed by atoms with Gasteiger partial charge in [0.25, 0.3) is 5.91 Å². The molecule has 4 aliphatic carbocycles. The Bertz CT molecular complexity index is 1120. The summed E-state index contributed by atoms with van der Waals surface area (Å²) in [5, 5.41) is 4.54. The molecule has 3 aromatic rings. The second-order valence-corrected chi connectivity index (χ2v) is 11.6. The summed E-state index contributed by atoms with van der Waals surface area (Å²) in [6.07, 6.45) is 10.0. The van der Waals surface area contributed by atoms with Crippen molar-refractivity contribution in [3.05, 3.63) is 46.7 Å². The van der Waals surface area contributed by atoms with E-state index in [1.807, 2.05) is 12.3 Å². The minimum Gasteiger partial charge on any atom is -0.348 e. The molecular formula is C26H31N3OS. The van der Waals surface area contributed by atoms with Crippen LogP contribution in [0.5, 0.6) is 0 Å². The Morgan fingerprint density at radius 3 is 2.32 bits per heavy atom. The van der Waals surface area contributed by atoms with Crippen molar-refractivity contribution >= 4 is 27.5 Å². The predicted octanol–water partition coefficient (Wildman–Crippen LogP) is 6.04. The second kappa shape index (κ2) is 6.93. The van der Waals surface area contributed by atoms with Gasteiger partial charge in [0.05, 0.1) is 5.69 Å². The van der Waals surface area contributed by atoms with Gasteiger partial charge in [0.1, 0.15) is 9.71 Å². The van der Waals surface area contributed by atoms with Crippen molar-refractivity contribution in [1.29, 1.82) is 0 Å². The highest BCUT2D eigenvalue weighted by molar-refractivity contribution is 7.21. The van der Waals surface area contributed by atoms with Crippen LogP contribution in [0.3, 0.4) is 0 Å². The van der Waals surface area contributed by atoms with Crippen LogP contribution >= 0.6 is 11.3 Å². The molecule has 3 heterocycles. The molecule has 4 fully saturated rings. The summed E-state index contributed by atoms with van der Waals surface area (Å²) >= 11 is 1.52. The normalized spacial score (nSPS) is 30.1. The van der Waals surface area contributed by atoms with Crippen molar-refractivity contribution in [2.45, 2.75) is 65.3 Å². The van der Waals surface area contributed by atoms with Crippen LogP contribution in [0.4, 0.5) is 0 Å². The molecule has 0 spiro atoms. The lowest BCUT2D eigenvalue weighted by molar-refractivity contribution is -0.0687. The van der Waals surface area contributed by atoms with Gasteiger partial charge in [0.15, 0.2) is 0 Å². The Hall–Kier alpha value is -2.14. The van der Waals surface area contributed by atoms with Crippen LogP contribution < -0.4 is 5.32 Å². The number of nitrogens with zero attached hydrogens (tertiary/aromatic N) is 2. The van der Waals surface area contributed by atoms with E-state index in [2.05, 4.69) is 53.8 Å². The van der Waals surface area contributed by atoms with Gasteiger partial charge in [0, 0.05) is 29.0 Å². The summed E-state index contributed by atoms with van der Waals surface area (Å²) < 4.78 is 2.21. The molecule has 4 nitrogen and oxygen atoms in total. The number of aryl methyl sites for hydroxylation is 2. The fourth-order valence-corrected chi connectivity index (χ4v) is 8.47. The Morgan fingerprint density at radius 1 is 1.10 bits per heavy atom. The summed E-state index contributed by atoms with van der Waals surface area (Å²) in [4.78, 5) is 20.0. The van der Waals surface area contributed by atoms with Gasteiger partial charge >= 0.3 is 0 Å². The van der Waals surface area contributed by atoms with E-state index in [9.17, 15) is 4.79 Å². The Labute approximate surface area is 188 Å². The number of amides is 1. The Morgan fingerprint density at radius 2 is 1.71 bits per heavy atom. The van der Waals surface area contributed by atoms with Gasteiger partial charge in [-0.1, -0.05) is 0 Å². The predicted molar refractivity (Wildman–Crippen MR) is 126 cm³/mol. The standard InChI is InChI=1S/C26H31N3OS/c1-15-6-7-16(2)29(15)22-21-5-4-8-27-25(21)31-23(22)24(30)28-17(3)26-12-18-9-19(13-26)11-20(10-18)14-26/h4-8,17-20H,9-14H2,1-3H3,(H,28,30)/t17-,18?,19?,20?,26?/m0/s1. The average molecular weight is 434 g/mol. The maximum atomic E-state index is 13.7. The minimum absolute atomic E-state index is 0.0637. The van der Waals surface area contributed by atoms with Crippen molar-refractivity contribution < 1.29 is 4.79 Å². The first-order valence-corrected chi connectivity index (χ1v) is 12.6. The fraction of sp³-hybridized carbons (Fsp3) is 0.538. The largest absolute Gasteiger partial charge is 0.348 e. The zero-order valence-corrected chi connectivity index (χ0v) is 19.5. The average Bonchev–Trinajstić information content (AvgIpc) is 3.26. The monoisotopic (exact) mass is 433 g/mol. The van der Waals surface area contributed by atoms with E-state index in [-0.39, 0.29) is 11.9 Å². The zero-order valence-electron chi connectivity index (χ0n) is 18.6. The van der Waals surface area contributed by atoms with Gasteiger partial charge < -0.3 is 9.88 Å². The lowest BCUT2D eigenvalue weighted by Crippen LogP contribution is -2.55.